The summed E-state index contributed by atoms with van der Waals surface area (Å²) >= 11 is 5.27. The first-order valence-corrected chi connectivity index (χ1v) is 15.6. The highest BCUT2D eigenvalue weighted by Gasteiger charge is 2.28. The number of ether oxygens (including phenoxy) is 2. The maximum Gasteiger partial charge on any atom is 0.540 e. The minimum Gasteiger partial charge on any atom is -0.480 e. The standard InChI is InChI=1S/C29H44N6O12S/c1-44-47-29(43)46-17-16-45-15-8-30-28(48)32-22-4-2-21(3-5-22)18-31-24(36)7-6-23(27(41)42)35-13-11-33(19-25(37)38)9-10-34(12-14-35)20-26(39)40/h2-5,23H,6-20H2,1H3,(H,31,36)(H,37,38)(H,39,40)(H,41,42)(H2,30,32,48). The van der Waals surface area contributed by atoms with Gasteiger partial charge < -0.3 is 40.7 Å². The van der Waals surface area contributed by atoms with Gasteiger partial charge in [0, 0.05) is 64.5 Å². The first-order valence-electron chi connectivity index (χ1n) is 15.2. The molecule has 1 amide bonds. The minimum atomic E-state index is -1.11. The second kappa shape index (κ2) is 22.4. The van der Waals surface area contributed by atoms with E-state index in [1.165, 1.54) is 7.11 Å². The van der Waals surface area contributed by atoms with Crippen LogP contribution in [0.4, 0.5) is 10.5 Å². The molecule has 1 atom stereocenters. The Morgan fingerprint density at radius 1 is 0.854 bits per heavy atom. The Hall–Kier alpha value is -4.14. The van der Waals surface area contributed by atoms with E-state index < -0.39 is 30.1 Å². The molecule has 1 aromatic rings. The summed E-state index contributed by atoms with van der Waals surface area (Å²) in [7, 11) is 1.18. The Labute approximate surface area is 283 Å². The molecule has 1 heterocycles. The van der Waals surface area contributed by atoms with Crippen molar-refractivity contribution in [1.82, 2.24) is 25.3 Å². The van der Waals surface area contributed by atoms with Crippen molar-refractivity contribution in [3.63, 3.8) is 0 Å². The fourth-order valence-corrected chi connectivity index (χ4v) is 4.90. The topological polar surface area (TPSA) is 229 Å². The molecule has 0 bridgehead atoms. The lowest BCUT2D eigenvalue weighted by Crippen LogP contribution is -2.47. The lowest BCUT2D eigenvalue weighted by Gasteiger charge is -2.30. The zero-order valence-electron chi connectivity index (χ0n) is 26.8. The fraction of sp³-hybridized carbons (Fsp3) is 0.586. The van der Waals surface area contributed by atoms with Gasteiger partial charge >= 0.3 is 24.1 Å². The van der Waals surface area contributed by atoms with Crippen LogP contribution < -0.4 is 16.0 Å². The number of carboxylic acid groups (broad SMARTS) is 3. The van der Waals surface area contributed by atoms with Crippen molar-refractivity contribution in [3.05, 3.63) is 29.8 Å². The molecule has 1 aliphatic rings. The molecule has 1 fully saturated rings. The van der Waals surface area contributed by atoms with Gasteiger partial charge in [0.1, 0.15) is 12.6 Å². The molecule has 1 saturated heterocycles. The van der Waals surface area contributed by atoms with E-state index in [4.69, 9.17) is 17.0 Å². The number of carboxylic acids is 3. The fourth-order valence-electron chi connectivity index (χ4n) is 4.68. The van der Waals surface area contributed by atoms with Crippen molar-refractivity contribution in [2.45, 2.75) is 25.4 Å². The van der Waals surface area contributed by atoms with E-state index in [0.29, 0.717) is 37.0 Å². The lowest BCUT2D eigenvalue weighted by atomic mass is 10.1. The normalized spacial score (nSPS) is 15.2. The minimum absolute atomic E-state index is 0.00618. The van der Waals surface area contributed by atoms with Gasteiger partial charge in [0.25, 0.3) is 0 Å². The predicted octanol–water partition coefficient (Wildman–Crippen LogP) is -0.357. The van der Waals surface area contributed by atoms with Gasteiger partial charge in [0.15, 0.2) is 5.11 Å². The zero-order chi connectivity index (χ0) is 35.3. The lowest BCUT2D eigenvalue weighted by molar-refractivity contribution is -0.232. The smallest absolute Gasteiger partial charge is 0.480 e. The molecule has 0 radical (unpaired) electrons. The van der Waals surface area contributed by atoms with Crippen LogP contribution >= 0.6 is 12.2 Å². The zero-order valence-corrected chi connectivity index (χ0v) is 27.6. The summed E-state index contributed by atoms with van der Waals surface area (Å²) in [4.78, 5) is 71.7. The van der Waals surface area contributed by atoms with Crippen molar-refractivity contribution in [3.8, 4) is 0 Å². The SMILES string of the molecule is COOC(=O)OCCOCCNC(=S)Nc1ccc(CNC(=O)CCC(C(=O)O)N2CCN(CC(=O)O)CCN(CC(=O)O)CC2)cc1. The third kappa shape index (κ3) is 17.1. The van der Waals surface area contributed by atoms with Crippen LogP contribution in [0.2, 0.25) is 0 Å². The average Bonchev–Trinajstić information content (AvgIpc) is 3.11. The average molecular weight is 701 g/mol. The van der Waals surface area contributed by atoms with Crippen molar-refractivity contribution < 1.29 is 58.5 Å². The number of carbonyl (C=O) groups excluding carboxylic acids is 2. The number of amides is 1. The number of thiocarbonyl (C=S) groups is 1. The number of anilines is 1. The van der Waals surface area contributed by atoms with Crippen molar-refractivity contribution in [1.29, 1.82) is 0 Å². The van der Waals surface area contributed by atoms with E-state index in [9.17, 15) is 39.3 Å². The van der Waals surface area contributed by atoms with Crippen molar-refractivity contribution in [2.75, 3.05) is 91.2 Å². The maximum atomic E-state index is 12.7. The Kier molecular flexibility index (Phi) is 18.7. The van der Waals surface area contributed by atoms with Gasteiger partial charge in [-0.25, -0.2) is 4.79 Å². The van der Waals surface area contributed by atoms with Gasteiger partial charge in [-0.15, -0.1) is 0 Å². The second-order valence-corrected chi connectivity index (χ2v) is 11.0. The monoisotopic (exact) mass is 700 g/mol. The van der Waals surface area contributed by atoms with E-state index in [-0.39, 0.29) is 77.8 Å². The molecule has 1 aliphatic heterocycles. The highest BCUT2D eigenvalue weighted by atomic mass is 32.1. The highest BCUT2D eigenvalue weighted by molar-refractivity contribution is 7.80. The van der Waals surface area contributed by atoms with Gasteiger partial charge in [-0.3, -0.25) is 38.8 Å². The third-order valence-electron chi connectivity index (χ3n) is 7.06. The Morgan fingerprint density at radius 3 is 2.02 bits per heavy atom. The molecule has 268 valence electrons. The van der Waals surface area contributed by atoms with Crippen LogP contribution in [-0.4, -0.2) is 157 Å². The first-order chi connectivity index (χ1) is 23.0. The number of rotatable bonds is 19. The molecule has 1 aromatic carbocycles. The number of hydrogen-bond acceptors (Lipinski definition) is 13. The summed E-state index contributed by atoms with van der Waals surface area (Å²) < 4.78 is 9.98. The Bertz CT molecular complexity index is 1180. The van der Waals surface area contributed by atoms with E-state index in [0.717, 1.165) is 5.56 Å². The number of nitrogens with zero attached hydrogens (tertiary/aromatic N) is 3. The summed E-state index contributed by atoms with van der Waals surface area (Å²) in [5, 5.41) is 37.6. The van der Waals surface area contributed by atoms with Gasteiger partial charge in [0.2, 0.25) is 5.91 Å². The molecule has 6 N–H and O–H groups in total. The molecular weight excluding hydrogens is 656 g/mol. The Morgan fingerprint density at radius 2 is 1.46 bits per heavy atom. The van der Waals surface area contributed by atoms with Crippen LogP contribution in [0.25, 0.3) is 0 Å². The van der Waals surface area contributed by atoms with Crippen LogP contribution in [0.3, 0.4) is 0 Å². The summed E-state index contributed by atoms with van der Waals surface area (Å²) in [6, 6.07) is 6.17. The summed E-state index contributed by atoms with van der Waals surface area (Å²) in [5.41, 5.74) is 1.52. The van der Waals surface area contributed by atoms with Crippen molar-refractivity contribution >= 4 is 53.0 Å². The van der Waals surface area contributed by atoms with Gasteiger partial charge in [-0.2, -0.15) is 4.89 Å². The quantitative estimate of drug-likeness (QED) is 0.0356. The van der Waals surface area contributed by atoms with Gasteiger partial charge in [-0.1, -0.05) is 12.1 Å². The highest BCUT2D eigenvalue weighted by Crippen LogP contribution is 2.12. The van der Waals surface area contributed by atoms with Crippen LogP contribution in [0.15, 0.2) is 24.3 Å². The number of benzene rings is 1. The van der Waals surface area contributed by atoms with E-state index in [1.54, 1.807) is 39.0 Å². The largest absolute Gasteiger partial charge is 0.540 e. The number of carbonyl (C=O) groups is 5. The van der Waals surface area contributed by atoms with Gasteiger partial charge in [0.05, 0.1) is 33.4 Å². The second-order valence-electron chi connectivity index (χ2n) is 10.6. The molecule has 48 heavy (non-hydrogen) atoms. The molecule has 19 heteroatoms. The molecular formula is C29H44N6O12S. The maximum absolute atomic E-state index is 12.7. The van der Waals surface area contributed by atoms with Crippen LogP contribution in [0.1, 0.15) is 18.4 Å². The summed E-state index contributed by atoms with van der Waals surface area (Å²) in [6.07, 6.45) is -0.989. The molecule has 18 nitrogen and oxygen atoms in total. The molecule has 0 spiro atoms. The molecule has 2 rings (SSSR count). The number of hydrogen-bond donors (Lipinski definition) is 6. The predicted molar refractivity (Wildman–Crippen MR) is 173 cm³/mol. The van der Waals surface area contributed by atoms with Crippen LogP contribution in [0.5, 0.6) is 0 Å². The molecule has 1 unspecified atom stereocenters. The number of nitrogens with one attached hydrogen (secondary N) is 3. The number of aliphatic carboxylic acids is 3. The van der Waals surface area contributed by atoms with E-state index in [1.807, 2.05) is 0 Å². The third-order valence-corrected chi connectivity index (χ3v) is 7.31. The first kappa shape index (κ1) is 40.0. The summed E-state index contributed by atoms with van der Waals surface area (Å²) in [5.74, 6) is -3.51. The van der Waals surface area contributed by atoms with Gasteiger partial charge in [-0.05, 0) is 36.3 Å². The molecule has 0 saturated carbocycles. The molecule has 0 aliphatic carbocycles. The van der Waals surface area contributed by atoms with E-state index >= 15 is 0 Å². The van der Waals surface area contributed by atoms with Crippen molar-refractivity contribution in [2.24, 2.45) is 0 Å². The molecule has 0 aromatic heterocycles. The van der Waals surface area contributed by atoms with E-state index in [2.05, 4.69) is 30.5 Å². The van der Waals surface area contributed by atoms with Crippen LogP contribution in [0, 0.1) is 0 Å². The Balaban J connectivity index is 1.77. The van der Waals surface area contributed by atoms with Crippen LogP contribution in [-0.2, 0) is 45.0 Å². The summed E-state index contributed by atoms with van der Waals surface area (Å²) in [6.45, 7) is 2.37.